The van der Waals surface area contributed by atoms with Crippen LogP contribution in [0.25, 0.3) is 0 Å². The molecular weight excluding hydrogens is 322 g/mol. The monoisotopic (exact) mass is 337 g/mol. The zero-order valence-corrected chi connectivity index (χ0v) is 13.0. The van der Waals surface area contributed by atoms with Gasteiger partial charge >= 0.3 is 5.97 Å². The number of aryl methyl sites for hydroxylation is 1. The van der Waals surface area contributed by atoms with E-state index in [0.717, 1.165) is 14.4 Å². The average molecular weight is 338 g/mol. The fourth-order valence-corrected chi connectivity index (χ4v) is 3.43. The lowest BCUT2D eigenvalue weighted by Gasteiger charge is -2.12. The maximum atomic E-state index is 11.0. The van der Waals surface area contributed by atoms with E-state index >= 15 is 0 Å². The first-order valence-electron chi connectivity index (χ1n) is 5.24. The molecule has 1 atom stereocenters. The average Bonchev–Trinajstić information content (AvgIpc) is 2.58. The zero-order chi connectivity index (χ0) is 12.8. The van der Waals surface area contributed by atoms with Gasteiger partial charge in [0.15, 0.2) is 0 Å². The summed E-state index contributed by atoms with van der Waals surface area (Å²) in [7, 11) is 0. The van der Waals surface area contributed by atoms with Crippen molar-refractivity contribution in [1.29, 1.82) is 0 Å². The predicted octanol–water partition coefficient (Wildman–Crippen LogP) is 3.11. The van der Waals surface area contributed by atoms with E-state index in [-0.39, 0.29) is 0 Å². The van der Waals surface area contributed by atoms with Gasteiger partial charge in [-0.2, -0.15) is 11.8 Å². The van der Waals surface area contributed by atoms with E-state index in [0.29, 0.717) is 13.0 Å². The van der Waals surface area contributed by atoms with Gasteiger partial charge in [0, 0.05) is 11.4 Å². The van der Waals surface area contributed by atoms with Crippen LogP contribution in [0.3, 0.4) is 0 Å². The molecule has 0 aliphatic carbocycles. The van der Waals surface area contributed by atoms with Crippen molar-refractivity contribution in [1.82, 2.24) is 5.32 Å². The fraction of sp³-hybridized carbons (Fsp3) is 0.545. The minimum atomic E-state index is -0.772. The third-order valence-electron chi connectivity index (χ3n) is 2.34. The Kier molecular flexibility index (Phi) is 6.54. The van der Waals surface area contributed by atoms with Crippen molar-refractivity contribution >= 4 is 45.0 Å². The van der Waals surface area contributed by atoms with Gasteiger partial charge in [0.2, 0.25) is 0 Å². The first-order valence-corrected chi connectivity index (χ1v) is 8.25. The Hall–Kier alpha value is -0.0400. The first kappa shape index (κ1) is 15.0. The molecule has 0 spiro atoms. The Labute approximate surface area is 118 Å². The highest BCUT2D eigenvalue weighted by molar-refractivity contribution is 9.11. The smallest absolute Gasteiger partial charge is 0.320 e. The van der Waals surface area contributed by atoms with Crippen molar-refractivity contribution < 1.29 is 9.90 Å². The second-order valence-corrected chi connectivity index (χ2v) is 7.16. The third kappa shape index (κ3) is 4.99. The van der Waals surface area contributed by atoms with E-state index in [4.69, 9.17) is 5.11 Å². The van der Waals surface area contributed by atoms with Crippen LogP contribution in [0.5, 0.6) is 0 Å². The molecule has 0 aromatic carbocycles. The van der Waals surface area contributed by atoms with Crippen LogP contribution in [0.2, 0.25) is 0 Å². The molecule has 1 unspecified atom stereocenters. The number of carboxylic acid groups (broad SMARTS) is 1. The summed E-state index contributed by atoms with van der Waals surface area (Å²) in [6.07, 6.45) is 2.64. The summed E-state index contributed by atoms with van der Waals surface area (Å²) in [5.74, 6) is 0.0864. The van der Waals surface area contributed by atoms with Crippen molar-refractivity contribution in [3.8, 4) is 0 Å². The summed E-state index contributed by atoms with van der Waals surface area (Å²) >= 11 is 6.78. The van der Waals surface area contributed by atoms with Crippen LogP contribution in [-0.2, 0) is 11.3 Å². The van der Waals surface area contributed by atoms with Crippen molar-refractivity contribution in [3.63, 3.8) is 0 Å². The Morgan fingerprint density at radius 1 is 1.71 bits per heavy atom. The lowest BCUT2D eigenvalue weighted by atomic mass is 10.2. The second kappa shape index (κ2) is 7.41. The maximum Gasteiger partial charge on any atom is 0.320 e. The van der Waals surface area contributed by atoms with Gasteiger partial charge in [-0.05, 0) is 52.9 Å². The van der Waals surface area contributed by atoms with Crippen LogP contribution < -0.4 is 5.32 Å². The van der Waals surface area contributed by atoms with E-state index in [1.807, 2.05) is 13.2 Å². The molecule has 0 fully saturated rings. The molecule has 1 rings (SSSR count). The molecule has 6 heteroatoms. The van der Waals surface area contributed by atoms with Crippen LogP contribution in [0.1, 0.15) is 16.9 Å². The summed E-state index contributed by atoms with van der Waals surface area (Å²) in [5, 5.41) is 12.1. The number of hydrogen-bond acceptors (Lipinski definition) is 4. The largest absolute Gasteiger partial charge is 0.480 e. The van der Waals surface area contributed by atoms with Gasteiger partial charge in [0.25, 0.3) is 0 Å². The number of rotatable bonds is 7. The lowest BCUT2D eigenvalue weighted by molar-refractivity contribution is -0.139. The Balaban J connectivity index is 2.48. The molecule has 96 valence electrons. The highest BCUT2D eigenvalue weighted by atomic mass is 79.9. The number of aliphatic carboxylic acids is 1. The van der Waals surface area contributed by atoms with Crippen LogP contribution in [-0.4, -0.2) is 29.1 Å². The number of thiophene rings is 1. The quantitative estimate of drug-likeness (QED) is 0.802. The molecule has 3 nitrogen and oxygen atoms in total. The summed E-state index contributed by atoms with van der Waals surface area (Å²) in [6.45, 7) is 2.65. The number of thioether (sulfide) groups is 1. The number of nitrogens with one attached hydrogen (secondary N) is 1. The van der Waals surface area contributed by atoms with Crippen LogP contribution in [0.15, 0.2) is 9.85 Å². The minimum Gasteiger partial charge on any atom is -0.480 e. The molecule has 0 amide bonds. The molecule has 1 heterocycles. The second-order valence-electron chi connectivity index (χ2n) is 3.72. The van der Waals surface area contributed by atoms with E-state index < -0.39 is 12.0 Å². The number of hydrogen-bond donors (Lipinski definition) is 2. The van der Waals surface area contributed by atoms with Gasteiger partial charge in [-0.15, -0.1) is 11.3 Å². The van der Waals surface area contributed by atoms with Gasteiger partial charge in [-0.3, -0.25) is 10.1 Å². The van der Waals surface area contributed by atoms with Crippen molar-refractivity contribution in [2.75, 3.05) is 12.0 Å². The first-order chi connectivity index (χ1) is 8.04. The van der Waals surface area contributed by atoms with Crippen LogP contribution in [0, 0.1) is 6.92 Å². The van der Waals surface area contributed by atoms with E-state index in [9.17, 15) is 4.79 Å². The van der Waals surface area contributed by atoms with Crippen LogP contribution in [0.4, 0.5) is 0 Å². The Morgan fingerprint density at radius 2 is 2.41 bits per heavy atom. The lowest BCUT2D eigenvalue weighted by Crippen LogP contribution is -2.36. The molecule has 0 radical (unpaired) electrons. The number of carboxylic acids is 1. The molecule has 0 aliphatic heterocycles. The molecule has 1 aromatic rings. The minimum absolute atomic E-state index is 0.455. The highest BCUT2D eigenvalue weighted by Gasteiger charge is 2.16. The van der Waals surface area contributed by atoms with Gasteiger partial charge < -0.3 is 5.11 Å². The van der Waals surface area contributed by atoms with Crippen molar-refractivity contribution in [2.45, 2.75) is 25.9 Å². The molecule has 0 saturated carbocycles. The van der Waals surface area contributed by atoms with Gasteiger partial charge in [0.05, 0.1) is 3.79 Å². The predicted molar refractivity (Wildman–Crippen MR) is 78.0 cm³/mol. The number of halogens is 1. The third-order valence-corrected chi connectivity index (χ3v) is 5.12. The number of carbonyl (C=O) groups is 1. The molecule has 0 aliphatic rings. The van der Waals surface area contributed by atoms with E-state index in [1.54, 1.807) is 23.1 Å². The summed E-state index contributed by atoms with van der Waals surface area (Å²) in [4.78, 5) is 12.2. The Bertz CT molecular complexity index is 362. The van der Waals surface area contributed by atoms with Crippen molar-refractivity contribution in [2.24, 2.45) is 0 Å². The SMILES string of the molecule is CSCCC(NCc1cc(C)c(Br)s1)C(=O)O. The summed E-state index contributed by atoms with van der Waals surface area (Å²) < 4.78 is 1.12. The van der Waals surface area contributed by atoms with Crippen LogP contribution >= 0.6 is 39.0 Å². The van der Waals surface area contributed by atoms with Gasteiger partial charge in [0.1, 0.15) is 6.04 Å². The topological polar surface area (TPSA) is 49.3 Å². The normalized spacial score (nSPS) is 12.6. The maximum absolute atomic E-state index is 11.0. The summed E-state index contributed by atoms with van der Waals surface area (Å²) in [5.41, 5.74) is 1.20. The summed E-state index contributed by atoms with van der Waals surface area (Å²) in [6, 6.07) is 1.62. The Morgan fingerprint density at radius 3 is 2.88 bits per heavy atom. The highest BCUT2D eigenvalue weighted by Crippen LogP contribution is 2.27. The van der Waals surface area contributed by atoms with Crippen molar-refractivity contribution in [3.05, 3.63) is 20.3 Å². The van der Waals surface area contributed by atoms with Gasteiger partial charge in [-0.25, -0.2) is 0 Å². The van der Waals surface area contributed by atoms with E-state index in [2.05, 4.69) is 27.3 Å². The molecule has 2 N–H and O–H groups in total. The molecular formula is C11H16BrNO2S2. The molecule has 0 bridgehead atoms. The van der Waals surface area contributed by atoms with E-state index in [1.165, 1.54) is 5.56 Å². The zero-order valence-electron chi connectivity index (χ0n) is 9.83. The molecule has 1 aromatic heterocycles. The fourth-order valence-electron chi connectivity index (χ4n) is 1.38. The molecule has 17 heavy (non-hydrogen) atoms. The van der Waals surface area contributed by atoms with Gasteiger partial charge in [-0.1, -0.05) is 0 Å². The standard InChI is InChI=1S/C11H16BrNO2S2/c1-7-5-8(17-10(7)12)6-13-9(11(14)15)3-4-16-2/h5,9,13H,3-4,6H2,1-2H3,(H,14,15). The molecule has 0 saturated heterocycles.